The molecule has 0 spiro atoms. The molecule has 25 heavy (non-hydrogen) atoms. The minimum Gasteiger partial charge on any atom is -0.460 e. The van der Waals surface area contributed by atoms with Crippen LogP contribution < -0.4 is 0 Å². The maximum atomic E-state index is 11.7. The molecule has 2 rings (SSSR count). The van der Waals surface area contributed by atoms with Crippen LogP contribution in [0.25, 0.3) is 0 Å². The zero-order valence-corrected chi connectivity index (χ0v) is 17.9. The van der Waals surface area contributed by atoms with Crippen molar-refractivity contribution in [1.82, 2.24) is 4.90 Å². The number of carbonyl (C=O) groups excluding carboxylic acids is 1. The zero-order chi connectivity index (χ0) is 19.7. The lowest BCUT2D eigenvalue weighted by Gasteiger charge is -2.52. The number of piperidine rings is 1. The highest BCUT2D eigenvalue weighted by molar-refractivity contribution is 5.86. The van der Waals surface area contributed by atoms with Crippen molar-refractivity contribution in [1.29, 1.82) is 0 Å². The topological polar surface area (TPSA) is 42.7 Å². The van der Waals surface area contributed by atoms with Crippen LogP contribution in [0.1, 0.15) is 97.9 Å². The summed E-state index contributed by atoms with van der Waals surface area (Å²) < 4.78 is 10.6. The monoisotopic (exact) mass is 353 g/mol. The molecule has 1 fully saturated rings. The number of carbonyl (C=O) groups is 1. The molecule has 2 heterocycles. The molecule has 0 aliphatic carbocycles. The van der Waals surface area contributed by atoms with Gasteiger partial charge in [-0.25, -0.2) is 4.79 Å². The highest BCUT2D eigenvalue weighted by atomic mass is 16.5. The van der Waals surface area contributed by atoms with Crippen molar-refractivity contribution >= 4 is 5.97 Å². The molecule has 1 aliphatic heterocycles. The molecule has 0 saturated carbocycles. The van der Waals surface area contributed by atoms with Gasteiger partial charge in [0.2, 0.25) is 5.76 Å². The van der Waals surface area contributed by atoms with E-state index in [-0.39, 0.29) is 17.0 Å². The van der Waals surface area contributed by atoms with E-state index in [2.05, 4.69) is 32.6 Å². The standard InChI is InChI=1S/C17H27NO3.2C2H6/c1-6-20-15(19)14-9-8-13(21-14)12-18-16(2,3)10-7-11-17(18,4)5;2*1-2/h8-9H,6-7,10-12H2,1-5H3;2*1-2H3. The molecule has 0 radical (unpaired) electrons. The Hall–Kier alpha value is -1.29. The lowest BCUT2D eigenvalue weighted by Crippen LogP contribution is -2.57. The first-order valence-electron chi connectivity index (χ1n) is 9.80. The molecule has 4 heteroatoms. The van der Waals surface area contributed by atoms with E-state index in [0.717, 1.165) is 12.3 Å². The average Bonchev–Trinajstić information content (AvgIpc) is 3.04. The van der Waals surface area contributed by atoms with Gasteiger partial charge < -0.3 is 9.15 Å². The molecule has 0 aromatic carbocycles. The van der Waals surface area contributed by atoms with Gasteiger partial charge in [0.05, 0.1) is 13.2 Å². The Balaban J connectivity index is 0.00000134. The van der Waals surface area contributed by atoms with Crippen LogP contribution in [-0.2, 0) is 11.3 Å². The number of likely N-dealkylation sites (tertiary alicyclic amines) is 1. The first kappa shape index (κ1) is 23.7. The van der Waals surface area contributed by atoms with Gasteiger partial charge in [0, 0.05) is 11.1 Å². The van der Waals surface area contributed by atoms with E-state index in [1.165, 1.54) is 19.3 Å². The second-order valence-corrected chi connectivity index (χ2v) is 7.05. The van der Waals surface area contributed by atoms with Crippen molar-refractivity contribution in [2.45, 2.75) is 99.2 Å². The van der Waals surface area contributed by atoms with Crippen LogP contribution in [-0.4, -0.2) is 28.6 Å². The Morgan fingerprint density at radius 2 is 1.60 bits per heavy atom. The number of hydrogen-bond acceptors (Lipinski definition) is 4. The third-order valence-electron chi connectivity index (χ3n) is 4.49. The lowest BCUT2D eigenvalue weighted by atomic mass is 9.80. The van der Waals surface area contributed by atoms with E-state index in [0.29, 0.717) is 12.4 Å². The van der Waals surface area contributed by atoms with Crippen LogP contribution in [0, 0.1) is 0 Å². The second kappa shape index (κ2) is 10.6. The van der Waals surface area contributed by atoms with Crippen LogP contribution in [0.5, 0.6) is 0 Å². The van der Waals surface area contributed by atoms with Gasteiger partial charge in [-0.2, -0.15) is 0 Å². The third-order valence-corrected chi connectivity index (χ3v) is 4.49. The van der Waals surface area contributed by atoms with Crippen molar-refractivity contribution in [3.05, 3.63) is 23.7 Å². The predicted molar refractivity (Wildman–Crippen MR) is 105 cm³/mol. The summed E-state index contributed by atoms with van der Waals surface area (Å²) in [6.45, 7) is 20.0. The number of esters is 1. The Labute approximate surface area is 154 Å². The van der Waals surface area contributed by atoms with Crippen molar-refractivity contribution in [2.75, 3.05) is 6.61 Å². The largest absolute Gasteiger partial charge is 0.460 e. The van der Waals surface area contributed by atoms with Crippen molar-refractivity contribution in [2.24, 2.45) is 0 Å². The van der Waals surface area contributed by atoms with Gasteiger partial charge in [0.1, 0.15) is 5.76 Å². The summed E-state index contributed by atoms with van der Waals surface area (Å²) in [6.07, 6.45) is 3.62. The van der Waals surface area contributed by atoms with Crippen LogP contribution in [0.3, 0.4) is 0 Å². The summed E-state index contributed by atoms with van der Waals surface area (Å²) in [5.41, 5.74) is 0.275. The summed E-state index contributed by atoms with van der Waals surface area (Å²) in [7, 11) is 0. The number of nitrogens with zero attached hydrogens (tertiary/aromatic N) is 1. The normalized spacial score (nSPS) is 18.3. The molecule has 4 nitrogen and oxygen atoms in total. The fourth-order valence-corrected chi connectivity index (χ4v) is 3.40. The first-order valence-corrected chi connectivity index (χ1v) is 9.80. The Morgan fingerprint density at radius 3 is 2.08 bits per heavy atom. The fraction of sp³-hybridized carbons (Fsp3) is 0.762. The van der Waals surface area contributed by atoms with Crippen molar-refractivity contribution in [3.63, 3.8) is 0 Å². The van der Waals surface area contributed by atoms with Crippen LogP contribution in [0.15, 0.2) is 16.5 Å². The number of furan rings is 1. The molecule has 0 bridgehead atoms. The molecule has 0 amide bonds. The second-order valence-electron chi connectivity index (χ2n) is 7.05. The van der Waals surface area contributed by atoms with Gasteiger partial charge in [-0.1, -0.05) is 27.7 Å². The van der Waals surface area contributed by atoms with Gasteiger partial charge >= 0.3 is 5.97 Å². The molecule has 1 aliphatic rings. The third kappa shape index (κ3) is 6.50. The molecule has 0 N–H and O–H groups in total. The van der Waals surface area contributed by atoms with E-state index in [9.17, 15) is 4.79 Å². The molecule has 0 unspecified atom stereocenters. The van der Waals surface area contributed by atoms with Crippen LogP contribution in [0.2, 0.25) is 0 Å². The fourth-order valence-electron chi connectivity index (χ4n) is 3.40. The summed E-state index contributed by atoms with van der Waals surface area (Å²) >= 11 is 0. The molecular formula is C21H39NO3. The minimum absolute atomic E-state index is 0.138. The average molecular weight is 354 g/mol. The van der Waals surface area contributed by atoms with E-state index in [1.54, 1.807) is 13.0 Å². The summed E-state index contributed by atoms with van der Waals surface area (Å²) in [5, 5.41) is 0. The van der Waals surface area contributed by atoms with Crippen molar-refractivity contribution < 1.29 is 13.9 Å². The van der Waals surface area contributed by atoms with Crippen molar-refractivity contribution in [3.8, 4) is 0 Å². The Kier molecular flexibility index (Phi) is 10.1. The van der Waals surface area contributed by atoms with Gasteiger partial charge in [0.15, 0.2) is 0 Å². The van der Waals surface area contributed by atoms with Gasteiger partial charge in [0.25, 0.3) is 0 Å². The van der Waals surface area contributed by atoms with E-state index in [4.69, 9.17) is 9.15 Å². The molecule has 146 valence electrons. The Bertz CT molecular complexity index is 487. The molecule has 1 aromatic heterocycles. The zero-order valence-electron chi connectivity index (χ0n) is 17.9. The SMILES string of the molecule is CC.CC.CCOC(=O)c1ccc(CN2C(C)(C)CCCC2(C)C)o1. The molecule has 1 saturated heterocycles. The number of ether oxygens (including phenoxy) is 1. The van der Waals surface area contributed by atoms with E-state index < -0.39 is 0 Å². The van der Waals surface area contributed by atoms with Crippen LogP contribution >= 0.6 is 0 Å². The molecular weight excluding hydrogens is 314 g/mol. The molecule has 1 aromatic rings. The number of rotatable bonds is 4. The summed E-state index contributed by atoms with van der Waals surface area (Å²) in [4.78, 5) is 14.2. The highest BCUT2D eigenvalue weighted by Crippen LogP contribution is 2.39. The highest BCUT2D eigenvalue weighted by Gasteiger charge is 2.41. The van der Waals surface area contributed by atoms with Gasteiger partial charge in [-0.3, -0.25) is 4.90 Å². The maximum absolute atomic E-state index is 11.7. The maximum Gasteiger partial charge on any atom is 0.374 e. The minimum atomic E-state index is -0.388. The molecule has 0 atom stereocenters. The first-order chi connectivity index (χ1) is 11.8. The van der Waals surface area contributed by atoms with Gasteiger partial charge in [-0.15, -0.1) is 0 Å². The Morgan fingerprint density at radius 1 is 1.08 bits per heavy atom. The summed E-state index contributed by atoms with van der Waals surface area (Å²) in [6, 6.07) is 3.59. The predicted octanol–water partition coefficient (Wildman–Crippen LogP) is 6.05. The lowest BCUT2D eigenvalue weighted by molar-refractivity contribution is -0.0386. The quantitative estimate of drug-likeness (QED) is 0.618. The summed E-state index contributed by atoms with van der Waals surface area (Å²) in [5.74, 6) is 0.724. The van der Waals surface area contributed by atoms with Gasteiger partial charge in [-0.05, 0) is 66.0 Å². The van der Waals surface area contributed by atoms with E-state index in [1.807, 2.05) is 33.8 Å². The van der Waals surface area contributed by atoms with Crippen LogP contribution in [0.4, 0.5) is 0 Å². The smallest absolute Gasteiger partial charge is 0.374 e. The van der Waals surface area contributed by atoms with E-state index >= 15 is 0 Å². The number of hydrogen-bond donors (Lipinski definition) is 0.